The van der Waals surface area contributed by atoms with Gasteiger partial charge in [0.2, 0.25) is 0 Å². The largest absolute Gasteiger partial charge is 1.00 e. The van der Waals surface area contributed by atoms with Crippen molar-refractivity contribution in [1.82, 2.24) is 0 Å². The zero-order valence-electron chi connectivity index (χ0n) is 14.0. The van der Waals surface area contributed by atoms with Crippen LogP contribution >= 0.6 is 0 Å². The molecule has 5 heteroatoms. The summed E-state index contributed by atoms with van der Waals surface area (Å²) in [5.41, 5.74) is 1.73. The van der Waals surface area contributed by atoms with Gasteiger partial charge in [-0.25, -0.2) is 0 Å². The Labute approximate surface area is 149 Å². The zero-order chi connectivity index (χ0) is 16.3. The van der Waals surface area contributed by atoms with E-state index in [2.05, 4.69) is 5.32 Å². The molecule has 2 N–H and O–H groups in total. The molecule has 0 aliphatic carbocycles. The molecule has 1 aliphatic rings. The lowest BCUT2D eigenvalue weighted by Crippen LogP contribution is -3.00. The van der Waals surface area contributed by atoms with Gasteiger partial charge in [0, 0.05) is 25.6 Å². The summed E-state index contributed by atoms with van der Waals surface area (Å²) in [4.78, 5) is 15.2. The number of rotatable bonds is 6. The minimum atomic E-state index is -1.03. The van der Waals surface area contributed by atoms with Crippen molar-refractivity contribution in [3.8, 4) is 0 Å². The Morgan fingerprint density at radius 2 is 1.75 bits per heavy atom. The number of methoxy groups -OCH3 is 1. The van der Waals surface area contributed by atoms with Crippen LogP contribution in [0.1, 0.15) is 17.5 Å². The smallest absolute Gasteiger partial charge is 0.268 e. The molecule has 0 aromatic heterocycles. The van der Waals surface area contributed by atoms with Crippen molar-refractivity contribution in [1.29, 1.82) is 0 Å². The van der Waals surface area contributed by atoms with E-state index in [9.17, 15) is 4.79 Å². The van der Waals surface area contributed by atoms with Crippen LogP contribution in [0.5, 0.6) is 0 Å². The van der Waals surface area contributed by atoms with Crippen molar-refractivity contribution < 1.29 is 27.3 Å². The number of fused-ring (bicyclic) bond motifs is 1. The number of quaternary nitrogens is 1. The van der Waals surface area contributed by atoms with Gasteiger partial charge in [0.25, 0.3) is 5.91 Å². The summed E-state index contributed by atoms with van der Waals surface area (Å²) in [5, 5.41) is 2.13. The maximum Gasteiger partial charge on any atom is 0.268 e. The molecule has 3 rings (SSSR count). The molecule has 0 bridgehead atoms. The summed E-state index contributed by atoms with van der Waals surface area (Å²) < 4.78 is 5.86. The van der Waals surface area contributed by atoms with Gasteiger partial charge >= 0.3 is 0 Å². The zero-order valence-corrected chi connectivity index (χ0v) is 14.8. The van der Waals surface area contributed by atoms with Gasteiger partial charge in [-0.15, -0.1) is 0 Å². The number of carbonyl (C=O) groups is 1. The van der Waals surface area contributed by atoms with Crippen LogP contribution in [0.3, 0.4) is 0 Å². The normalized spacial score (nSPS) is 19.1. The highest BCUT2D eigenvalue weighted by atomic mass is 35.5. The van der Waals surface area contributed by atoms with E-state index in [1.54, 1.807) is 7.11 Å². The summed E-state index contributed by atoms with van der Waals surface area (Å²) in [6.45, 7) is 1.70. The van der Waals surface area contributed by atoms with Crippen molar-refractivity contribution in [3.63, 3.8) is 0 Å². The van der Waals surface area contributed by atoms with Crippen molar-refractivity contribution >= 4 is 11.6 Å². The van der Waals surface area contributed by atoms with Gasteiger partial charge in [-0.05, 0) is 11.6 Å². The number of amides is 1. The number of hydrogen-bond acceptors (Lipinski definition) is 2. The molecule has 1 aliphatic heterocycles. The molecule has 0 fully saturated rings. The van der Waals surface area contributed by atoms with Crippen LogP contribution < -0.4 is 22.6 Å². The van der Waals surface area contributed by atoms with Crippen LogP contribution in [0.25, 0.3) is 0 Å². The molecular weight excluding hydrogens is 324 g/mol. The van der Waals surface area contributed by atoms with Gasteiger partial charge in [0.1, 0.15) is 0 Å². The van der Waals surface area contributed by atoms with Gasteiger partial charge in [0.05, 0.1) is 19.3 Å². The van der Waals surface area contributed by atoms with Gasteiger partial charge in [-0.3, -0.25) is 4.79 Å². The molecule has 1 heterocycles. The van der Waals surface area contributed by atoms with E-state index in [-0.39, 0.29) is 18.3 Å². The quantitative estimate of drug-likeness (QED) is 0.648. The molecule has 1 atom stereocenters. The molecule has 1 amide bonds. The number of benzene rings is 2. The topological polar surface area (TPSA) is 46.2 Å². The van der Waals surface area contributed by atoms with Crippen molar-refractivity contribution in [2.75, 3.05) is 32.1 Å². The lowest BCUT2D eigenvalue weighted by Gasteiger charge is -2.28. The molecule has 24 heavy (non-hydrogen) atoms. The standard InChI is InChI=1S/C19H22N2O2.ClH/c1-20-13-8-14-21-17-12-7-6-11-16(17)19(23-2,18(21)22)15-9-4-3-5-10-15;/h3-7,9-12,20H,8,13-14H2,1-2H3;1H. The van der Waals surface area contributed by atoms with Gasteiger partial charge in [-0.1, -0.05) is 48.5 Å². The van der Waals surface area contributed by atoms with E-state index in [1.165, 1.54) is 0 Å². The summed E-state index contributed by atoms with van der Waals surface area (Å²) in [5.74, 6) is 0.00324. The highest BCUT2D eigenvalue weighted by Crippen LogP contribution is 2.46. The number of nitrogens with two attached hydrogens (primary N) is 1. The van der Waals surface area contributed by atoms with E-state index in [0.29, 0.717) is 6.54 Å². The fraction of sp³-hybridized carbons (Fsp3) is 0.316. The van der Waals surface area contributed by atoms with Crippen LogP contribution in [0.2, 0.25) is 0 Å². The maximum atomic E-state index is 13.3. The van der Waals surface area contributed by atoms with Crippen LogP contribution in [0.15, 0.2) is 54.6 Å². The number of ether oxygens (including phenoxy) is 1. The van der Waals surface area contributed by atoms with E-state index >= 15 is 0 Å². The predicted octanol–water partition coefficient (Wildman–Crippen LogP) is -1.49. The average molecular weight is 347 g/mol. The molecular formula is C19H23ClN2O2. The lowest BCUT2D eigenvalue weighted by molar-refractivity contribution is -0.626. The molecule has 128 valence electrons. The Kier molecular flexibility index (Phi) is 5.99. The Balaban J connectivity index is 0.00000208. The highest BCUT2D eigenvalue weighted by Gasteiger charge is 2.52. The molecule has 4 nitrogen and oxygen atoms in total. The first-order valence-corrected chi connectivity index (χ1v) is 8.05. The lowest BCUT2D eigenvalue weighted by atomic mass is 9.87. The molecule has 2 aromatic carbocycles. The van der Waals surface area contributed by atoms with Gasteiger partial charge < -0.3 is 27.4 Å². The Morgan fingerprint density at radius 1 is 1.08 bits per heavy atom. The van der Waals surface area contributed by atoms with E-state index in [4.69, 9.17) is 4.74 Å². The average Bonchev–Trinajstić information content (AvgIpc) is 2.85. The monoisotopic (exact) mass is 346 g/mol. The third-order valence-electron chi connectivity index (χ3n) is 4.48. The Bertz CT molecular complexity index is 693. The summed E-state index contributed by atoms with van der Waals surface area (Å²) in [6.07, 6.45) is 0.950. The number of hydrogen-bond donors (Lipinski definition) is 1. The van der Waals surface area contributed by atoms with Crippen molar-refractivity contribution in [3.05, 3.63) is 65.7 Å². The minimum Gasteiger partial charge on any atom is -1.00 e. The molecule has 1 unspecified atom stereocenters. The molecule has 2 aromatic rings. The first-order chi connectivity index (χ1) is 11.3. The van der Waals surface area contributed by atoms with Gasteiger partial charge in [-0.2, -0.15) is 0 Å². The molecule has 0 spiro atoms. The second-order valence-electron chi connectivity index (χ2n) is 5.78. The van der Waals surface area contributed by atoms with E-state index in [0.717, 1.165) is 29.8 Å². The van der Waals surface area contributed by atoms with Crippen LogP contribution in [0.4, 0.5) is 5.69 Å². The SMILES string of the molecule is C[NH2+]CCCN1C(=O)C(OC)(c2ccccc2)c2ccccc21.[Cl-]. The third-order valence-corrected chi connectivity index (χ3v) is 4.48. The number of halogens is 1. The van der Waals surface area contributed by atoms with Crippen LogP contribution in [-0.4, -0.2) is 33.2 Å². The summed E-state index contributed by atoms with van der Waals surface area (Å²) >= 11 is 0. The molecule has 0 saturated carbocycles. The maximum absolute atomic E-state index is 13.3. The highest BCUT2D eigenvalue weighted by molar-refractivity contribution is 6.09. The van der Waals surface area contributed by atoms with E-state index in [1.807, 2.05) is 66.5 Å². The minimum absolute atomic E-state index is 0. The van der Waals surface area contributed by atoms with Gasteiger partial charge in [0.15, 0.2) is 5.60 Å². The molecule has 0 saturated heterocycles. The Hall–Kier alpha value is -1.88. The second-order valence-corrected chi connectivity index (χ2v) is 5.78. The first kappa shape index (κ1) is 18.5. The predicted molar refractivity (Wildman–Crippen MR) is 90.4 cm³/mol. The fourth-order valence-corrected chi connectivity index (χ4v) is 3.36. The number of nitrogens with zero attached hydrogens (tertiary/aromatic N) is 1. The van der Waals surface area contributed by atoms with E-state index < -0.39 is 5.60 Å². The Morgan fingerprint density at radius 3 is 2.42 bits per heavy atom. The summed E-state index contributed by atoms with van der Waals surface area (Å²) in [7, 11) is 3.66. The first-order valence-electron chi connectivity index (χ1n) is 8.05. The van der Waals surface area contributed by atoms with Crippen molar-refractivity contribution in [2.24, 2.45) is 0 Å². The number of carbonyl (C=O) groups excluding carboxylic acids is 1. The molecule has 0 radical (unpaired) electrons. The van der Waals surface area contributed by atoms with Crippen LogP contribution in [-0.2, 0) is 15.1 Å². The third kappa shape index (κ3) is 2.81. The number of para-hydroxylation sites is 1. The number of anilines is 1. The summed E-state index contributed by atoms with van der Waals surface area (Å²) in [6, 6.07) is 17.7. The second kappa shape index (κ2) is 7.79. The van der Waals surface area contributed by atoms with Crippen LogP contribution in [0, 0.1) is 0 Å². The van der Waals surface area contributed by atoms with Crippen molar-refractivity contribution in [2.45, 2.75) is 12.0 Å². The fourth-order valence-electron chi connectivity index (χ4n) is 3.36.